The number of ether oxygens (including phenoxy) is 2. The molecule has 1 unspecified atom stereocenters. The van der Waals surface area contributed by atoms with E-state index in [0.717, 1.165) is 19.3 Å². The number of carbonyl (C=O) groups is 4. The molecule has 4 rings (SSSR count). The Morgan fingerprint density at radius 3 is 2.50 bits per heavy atom. The number of sulfonamides is 1. The molecule has 3 N–H and O–H groups in total. The van der Waals surface area contributed by atoms with Gasteiger partial charge in [0.15, 0.2) is 0 Å². The van der Waals surface area contributed by atoms with Crippen LogP contribution in [0.1, 0.15) is 78.6 Å². The third-order valence-corrected chi connectivity index (χ3v) is 9.69. The van der Waals surface area contributed by atoms with E-state index in [1.165, 1.54) is 12.0 Å². The Hall–Kier alpha value is -2.67. The molecule has 0 radical (unpaired) electrons. The van der Waals surface area contributed by atoms with Gasteiger partial charge in [-0.05, 0) is 59.3 Å². The summed E-state index contributed by atoms with van der Waals surface area (Å²) < 4.78 is 38.1. The first-order valence-electron chi connectivity index (χ1n) is 14.1. The smallest absolute Gasteiger partial charge is 0.408 e. The second-order valence-corrected chi connectivity index (χ2v) is 14.3. The molecule has 2 saturated carbocycles. The van der Waals surface area contributed by atoms with Crippen molar-refractivity contribution in [2.45, 2.75) is 113 Å². The van der Waals surface area contributed by atoms with E-state index in [4.69, 9.17) is 9.47 Å². The Kier molecular flexibility index (Phi) is 8.84. The van der Waals surface area contributed by atoms with E-state index in [-0.39, 0.29) is 25.3 Å². The van der Waals surface area contributed by atoms with Crippen molar-refractivity contribution in [2.75, 3.05) is 13.7 Å². The number of fused-ring (bicyclic) bond motifs is 2. The van der Waals surface area contributed by atoms with E-state index in [0.29, 0.717) is 25.7 Å². The zero-order valence-electron chi connectivity index (χ0n) is 23.7. The number of allylic oxidation sites excluding steroid dienone is 1. The first-order chi connectivity index (χ1) is 18.8. The highest BCUT2D eigenvalue weighted by Gasteiger charge is 2.62. The van der Waals surface area contributed by atoms with Crippen molar-refractivity contribution in [1.29, 1.82) is 0 Å². The van der Waals surface area contributed by atoms with Gasteiger partial charge in [-0.3, -0.25) is 19.1 Å². The predicted octanol–water partition coefficient (Wildman–Crippen LogP) is 1.50. The van der Waals surface area contributed by atoms with Gasteiger partial charge in [0.05, 0.1) is 11.4 Å². The van der Waals surface area contributed by atoms with E-state index < -0.39 is 68.4 Å². The van der Waals surface area contributed by atoms with Crippen LogP contribution in [0.3, 0.4) is 0 Å². The minimum absolute atomic E-state index is 0.137. The molecule has 2 heterocycles. The van der Waals surface area contributed by atoms with Crippen molar-refractivity contribution in [3.63, 3.8) is 0 Å². The summed E-state index contributed by atoms with van der Waals surface area (Å²) >= 11 is 0. The van der Waals surface area contributed by atoms with Gasteiger partial charge in [0.25, 0.3) is 5.91 Å². The summed E-state index contributed by atoms with van der Waals surface area (Å²) in [7, 11) is -2.32. The van der Waals surface area contributed by atoms with Gasteiger partial charge in [-0.15, -0.1) is 0 Å². The highest BCUT2D eigenvalue weighted by molar-refractivity contribution is 7.91. The summed E-state index contributed by atoms with van der Waals surface area (Å²) in [6.45, 7) is 5.33. The lowest BCUT2D eigenvalue weighted by molar-refractivity contribution is -0.141. The molecule has 2 aliphatic heterocycles. The number of nitrogens with one attached hydrogen (secondary N) is 3. The molecule has 0 aromatic heterocycles. The van der Waals surface area contributed by atoms with Crippen LogP contribution in [-0.4, -0.2) is 85.4 Å². The highest BCUT2D eigenvalue weighted by atomic mass is 32.2. The molecule has 1 saturated heterocycles. The lowest BCUT2D eigenvalue weighted by Crippen LogP contribution is -2.58. The Balaban J connectivity index is 1.58. The molecule has 224 valence electrons. The minimum Gasteiger partial charge on any atom is -0.444 e. The number of rotatable bonds is 5. The fourth-order valence-electron chi connectivity index (χ4n) is 5.38. The normalized spacial score (nSPS) is 31.6. The maximum absolute atomic E-state index is 13.8. The fourth-order valence-corrected chi connectivity index (χ4v) is 6.75. The predicted molar refractivity (Wildman–Crippen MR) is 145 cm³/mol. The average Bonchev–Trinajstić information content (AvgIpc) is 3.77. The quantitative estimate of drug-likeness (QED) is 0.411. The molecule has 13 heteroatoms. The Bertz CT molecular complexity index is 1150. The molecule has 0 aromatic rings. The molecule has 0 spiro atoms. The van der Waals surface area contributed by atoms with Gasteiger partial charge < -0.3 is 25.0 Å². The molecule has 4 amide bonds. The largest absolute Gasteiger partial charge is 0.444 e. The van der Waals surface area contributed by atoms with Gasteiger partial charge in [-0.2, -0.15) is 0 Å². The summed E-state index contributed by atoms with van der Waals surface area (Å²) in [5.41, 5.74) is -2.16. The Morgan fingerprint density at radius 1 is 1.12 bits per heavy atom. The molecular formula is C27H42N4O8S. The molecule has 2 aliphatic carbocycles. The van der Waals surface area contributed by atoms with E-state index in [2.05, 4.69) is 15.4 Å². The summed E-state index contributed by atoms with van der Waals surface area (Å²) in [6, 6.07) is -1.86. The zero-order valence-corrected chi connectivity index (χ0v) is 24.6. The molecule has 4 aliphatic rings. The van der Waals surface area contributed by atoms with Gasteiger partial charge in [0.2, 0.25) is 21.8 Å². The molecule has 0 aromatic carbocycles. The third kappa shape index (κ3) is 7.15. The van der Waals surface area contributed by atoms with Crippen molar-refractivity contribution >= 4 is 33.8 Å². The molecule has 3 fully saturated rings. The maximum atomic E-state index is 13.8. The van der Waals surface area contributed by atoms with Crippen LogP contribution in [-0.2, 0) is 33.9 Å². The third-order valence-electron chi connectivity index (χ3n) is 7.87. The summed E-state index contributed by atoms with van der Waals surface area (Å²) in [5.74, 6) is -2.11. The monoisotopic (exact) mass is 582 g/mol. The molecule has 0 bridgehead atoms. The van der Waals surface area contributed by atoms with Crippen molar-refractivity contribution in [1.82, 2.24) is 20.3 Å². The Morgan fingerprint density at radius 2 is 1.85 bits per heavy atom. The SMILES string of the molecule is CO[C@@H]1C[C@H]2C(=O)N[C@]3(C(=O)NS(=O)(=O)C4CC4)C[C@H]3C=CCCCCCC(NC(=O)OC(C)(C)C)C(=O)N2C1. The second-order valence-electron chi connectivity index (χ2n) is 12.3. The lowest BCUT2D eigenvalue weighted by atomic mass is 10.0. The van der Waals surface area contributed by atoms with E-state index in [9.17, 15) is 27.6 Å². The fraction of sp³-hybridized carbons (Fsp3) is 0.778. The van der Waals surface area contributed by atoms with Crippen molar-refractivity contribution in [2.24, 2.45) is 5.92 Å². The summed E-state index contributed by atoms with van der Waals surface area (Å²) in [5, 5.41) is 4.92. The van der Waals surface area contributed by atoms with Crippen LogP contribution in [0.2, 0.25) is 0 Å². The van der Waals surface area contributed by atoms with Gasteiger partial charge in [0, 0.05) is 26.0 Å². The van der Waals surface area contributed by atoms with Crippen molar-refractivity contribution in [3.8, 4) is 0 Å². The van der Waals surface area contributed by atoms with Gasteiger partial charge >= 0.3 is 6.09 Å². The minimum atomic E-state index is -3.81. The number of hydrogen-bond donors (Lipinski definition) is 3. The first-order valence-corrected chi connectivity index (χ1v) is 15.7. The number of amides is 4. The van der Waals surface area contributed by atoms with Crippen LogP contribution in [0.5, 0.6) is 0 Å². The average molecular weight is 583 g/mol. The van der Waals surface area contributed by atoms with E-state index >= 15 is 0 Å². The Labute approximate surface area is 236 Å². The first kappa shape index (κ1) is 30.3. The summed E-state index contributed by atoms with van der Waals surface area (Å²) in [6.07, 6.45) is 7.55. The number of methoxy groups -OCH3 is 1. The number of carbonyl (C=O) groups excluding carboxylic acids is 4. The molecule has 12 nitrogen and oxygen atoms in total. The summed E-state index contributed by atoms with van der Waals surface area (Å²) in [4.78, 5) is 54.8. The molecule has 5 atom stereocenters. The highest BCUT2D eigenvalue weighted by Crippen LogP contribution is 2.46. The van der Waals surface area contributed by atoms with Crippen LogP contribution in [0, 0.1) is 5.92 Å². The molecule has 40 heavy (non-hydrogen) atoms. The lowest BCUT2D eigenvalue weighted by Gasteiger charge is -2.30. The van der Waals surface area contributed by atoms with Crippen molar-refractivity contribution in [3.05, 3.63) is 12.2 Å². The standard InChI is InChI=1S/C27H42N4O8S/c1-26(2,3)39-25(35)28-20-11-9-7-5-6-8-10-17-15-27(17,24(34)30-40(36,37)19-12-13-19)29-22(32)21-14-18(38-4)16-31(21)23(20)33/h8,10,17-21H,5-7,9,11-16H2,1-4H3,(H,28,35)(H,29,32)(H,30,34)/t17-,18-,20?,21+,27-/m1/s1. The van der Waals surface area contributed by atoms with Gasteiger partial charge in [-0.1, -0.05) is 25.0 Å². The maximum Gasteiger partial charge on any atom is 0.408 e. The van der Waals surface area contributed by atoms with E-state index in [1.807, 2.05) is 12.2 Å². The second kappa shape index (κ2) is 11.7. The topological polar surface area (TPSA) is 160 Å². The zero-order chi connectivity index (χ0) is 29.3. The van der Waals surface area contributed by atoms with Crippen LogP contribution < -0.4 is 15.4 Å². The van der Waals surface area contributed by atoms with Crippen molar-refractivity contribution < 1.29 is 37.1 Å². The van der Waals surface area contributed by atoms with Crippen LogP contribution in [0.4, 0.5) is 4.79 Å². The number of alkyl carbamates (subject to hydrolysis) is 1. The van der Waals surface area contributed by atoms with E-state index in [1.54, 1.807) is 20.8 Å². The van der Waals surface area contributed by atoms with Gasteiger partial charge in [0.1, 0.15) is 23.2 Å². The number of hydrogen-bond acceptors (Lipinski definition) is 8. The van der Waals surface area contributed by atoms with Crippen LogP contribution in [0.15, 0.2) is 12.2 Å². The van der Waals surface area contributed by atoms with Gasteiger partial charge in [-0.25, -0.2) is 13.2 Å². The van der Waals surface area contributed by atoms with Crippen LogP contribution >= 0.6 is 0 Å². The van der Waals surface area contributed by atoms with Crippen LogP contribution in [0.25, 0.3) is 0 Å². The molecular weight excluding hydrogens is 540 g/mol. The number of nitrogens with zero attached hydrogens (tertiary/aromatic N) is 1.